The molecule has 0 unspecified atom stereocenters. The number of rotatable bonds is 4. The molecule has 0 aromatic heterocycles. The molecule has 30 heavy (non-hydrogen) atoms. The Morgan fingerprint density at radius 1 is 0.767 bits per heavy atom. The largest absolute Gasteiger partial charge is 0.493 e. The third kappa shape index (κ3) is 2.86. The van der Waals surface area contributed by atoms with Crippen LogP contribution in [-0.4, -0.2) is 26.6 Å². The molecular weight excluding hydrogens is 376 g/mol. The minimum atomic E-state index is -0.128. The van der Waals surface area contributed by atoms with Gasteiger partial charge in [-0.25, -0.2) is 0 Å². The Bertz CT molecular complexity index is 1080. The van der Waals surface area contributed by atoms with E-state index in [9.17, 15) is 4.79 Å². The second-order valence-corrected chi connectivity index (χ2v) is 7.94. The predicted octanol–water partition coefficient (Wildman–Crippen LogP) is 5.09. The molecule has 1 heterocycles. The van der Waals surface area contributed by atoms with Crippen LogP contribution in [-0.2, 0) is 0 Å². The Hall–Kier alpha value is -3.27. The molecule has 152 valence electrons. The maximum absolute atomic E-state index is 13.6. The smallest absolute Gasteiger partial charge is 0.170 e. The summed E-state index contributed by atoms with van der Waals surface area (Å²) in [6, 6.07) is 24.0. The van der Waals surface area contributed by atoms with Gasteiger partial charge in [-0.15, -0.1) is 0 Å². The Balaban J connectivity index is 1.62. The topological polar surface area (TPSA) is 44.8 Å². The average Bonchev–Trinajstić information content (AvgIpc) is 2.89. The number of hydrogen-bond acceptors (Lipinski definition) is 4. The Labute approximate surface area is 176 Å². The number of carbonyl (C=O) groups excluding carboxylic acids is 1. The summed E-state index contributed by atoms with van der Waals surface area (Å²) >= 11 is 0. The van der Waals surface area contributed by atoms with E-state index in [-0.39, 0.29) is 29.5 Å². The zero-order valence-electron chi connectivity index (χ0n) is 17.1. The van der Waals surface area contributed by atoms with Gasteiger partial charge in [0.2, 0.25) is 0 Å². The van der Waals surface area contributed by atoms with E-state index in [2.05, 4.69) is 30.3 Å². The number of methoxy groups -OCH3 is 2. The van der Waals surface area contributed by atoms with Crippen LogP contribution in [0.5, 0.6) is 17.2 Å². The van der Waals surface area contributed by atoms with Crippen LogP contribution in [0.1, 0.15) is 33.3 Å². The summed E-state index contributed by atoms with van der Waals surface area (Å²) in [5.74, 6) is 2.49. The summed E-state index contributed by atoms with van der Waals surface area (Å²) < 4.78 is 17.1. The summed E-state index contributed by atoms with van der Waals surface area (Å²) in [5, 5.41) is 0. The minimum Gasteiger partial charge on any atom is -0.493 e. The number of ketones is 1. The van der Waals surface area contributed by atoms with Gasteiger partial charge in [0.15, 0.2) is 17.3 Å². The molecular formula is C26H24O4. The highest BCUT2D eigenvalue weighted by Gasteiger charge is 2.56. The molecule has 5 rings (SSSR count). The van der Waals surface area contributed by atoms with Crippen LogP contribution in [0, 0.1) is 11.8 Å². The normalized spacial score (nSPS) is 24.5. The highest BCUT2D eigenvalue weighted by molar-refractivity contribution is 6.02. The van der Waals surface area contributed by atoms with Crippen molar-refractivity contribution in [3.8, 4) is 17.2 Å². The van der Waals surface area contributed by atoms with Gasteiger partial charge in [0.25, 0.3) is 0 Å². The van der Waals surface area contributed by atoms with Crippen LogP contribution in [0.3, 0.4) is 0 Å². The summed E-state index contributed by atoms with van der Waals surface area (Å²) in [6.45, 7) is 0.538. The first-order valence-electron chi connectivity index (χ1n) is 10.3. The van der Waals surface area contributed by atoms with Crippen molar-refractivity contribution < 1.29 is 19.0 Å². The predicted molar refractivity (Wildman–Crippen MR) is 115 cm³/mol. The van der Waals surface area contributed by atoms with Gasteiger partial charge in [-0.1, -0.05) is 48.5 Å². The van der Waals surface area contributed by atoms with E-state index in [1.807, 2.05) is 42.5 Å². The molecule has 0 radical (unpaired) electrons. The molecule has 4 atom stereocenters. The lowest BCUT2D eigenvalue weighted by Gasteiger charge is -2.51. The monoisotopic (exact) mass is 400 g/mol. The zero-order chi connectivity index (χ0) is 20.7. The Morgan fingerprint density at radius 3 is 2.27 bits per heavy atom. The molecule has 0 saturated heterocycles. The highest BCUT2D eigenvalue weighted by atomic mass is 16.5. The first kappa shape index (κ1) is 18.7. The first-order chi connectivity index (χ1) is 14.7. The van der Waals surface area contributed by atoms with Crippen LogP contribution in [0.15, 0.2) is 72.8 Å². The quantitative estimate of drug-likeness (QED) is 0.612. The average molecular weight is 400 g/mol. The van der Waals surface area contributed by atoms with E-state index in [1.165, 1.54) is 5.56 Å². The molecule has 3 aromatic carbocycles. The van der Waals surface area contributed by atoms with E-state index in [4.69, 9.17) is 14.2 Å². The fourth-order valence-electron chi connectivity index (χ4n) is 5.16. The Kier molecular flexibility index (Phi) is 4.70. The molecule has 1 fully saturated rings. The minimum absolute atomic E-state index is 0.0551. The molecule has 2 aliphatic rings. The van der Waals surface area contributed by atoms with Crippen LogP contribution >= 0.6 is 0 Å². The van der Waals surface area contributed by atoms with Crippen LogP contribution < -0.4 is 14.2 Å². The summed E-state index contributed by atoms with van der Waals surface area (Å²) in [6.07, 6.45) is 0. The number of ether oxygens (including phenoxy) is 3. The second kappa shape index (κ2) is 7.52. The van der Waals surface area contributed by atoms with E-state index in [1.54, 1.807) is 14.2 Å². The first-order valence-corrected chi connectivity index (χ1v) is 10.3. The van der Waals surface area contributed by atoms with Crippen molar-refractivity contribution in [2.75, 3.05) is 20.8 Å². The molecule has 1 aliphatic heterocycles. The summed E-state index contributed by atoms with van der Waals surface area (Å²) in [5.41, 5.74) is 3.01. The highest BCUT2D eigenvalue weighted by Crippen LogP contribution is 2.60. The Morgan fingerprint density at radius 2 is 1.50 bits per heavy atom. The van der Waals surface area contributed by atoms with Crippen LogP contribution in [0.4, 0.5) is 0 Å². The lowest BCUT2D eigenvalue weighted by Crippen LogP contribution is -2.49. The van der Waals surface area contributed by atoms with Gasteiger partial charge >= 0.3 is 0 Å². The summed E-state index contributed by atoms with van der Waals surface area (Å²) in [7, 11) is 3.27. The van der Waals surface area contributed by atoms with Crippen LogP contribution in [0.25, 0.3) is 0 Å². The molecule has 0 bridgehead atoms. The lowest BCUT2D eigenvalue weighted by atomic mass is 9.51. The number of benzene rings is 3. The maximum Gasteiger partial charge on any atom is 0.170 e. The van der Waals surface area contributed by atoms with E-state index < -0.39 is 0 Å². The molecule has 3 aromatic rings. The fourth-order valence-corrected chi connectivity index (χ4v) is 5.16. The van der Waals surface area contributed by atoms with Gasteiger partial charge in [-0.2, -0.15) is 0 Å². The lowest BCUT2D eigenvalue weighted by molar-refractivity contribution is 0.0416. The van der Waals surface area contributed by atoms with Crippen LogP contribution in [0.2, 0.25) is 0 Å². The molecule has 0 N–H and O–H groups in total. The number of para-hydroxylation sites is 1. The number of fused-ring (bicyclic) bond motifs is 2. The third-order valence-corrected chi connectivity index (χ3v) is 6.56. The van der Waals surface area contributed by atoms with Gasteiger partial charge in [-0.3, -0.25) is 4.79 Å². The molecule has 1 aliphatic carbocycles. The SMILES string of the molecule is COc1ccc([C@H]2[C@@H]3C(=O)c4ccccc4OC[C@@H]3[C@H]2c2ccccc2)cc1OC. The van der Waals surface area contributed by atoms with Gasteiger partial charge < -0.3 is 14.2 Å². The molecule has 1 saturated carbocycles. The van der Waals surface area contributed by atoms with Crippen molar-refractivity contribution in [3.63, 3.8) is 0 Å². The number of carbonyl (C=O) groups is 1. The second-order valence-electron chi connectivity index (χ2n) is 7.94. The summed E-state index contributed by atoms with van der Waals surface area (Å²) in [4.78, 5) is 13.6. The van der Waals surface area contributed by atoms with E-state index in [0.29, 0.717) is 29.4 Å². The van der Waals surface area contributed by atoms with Crippen molar-refractivity contribution in [2.24, 2.45) is 11.8 Å². The van der Waals surface area contributed by atoms with Crippen molar-refractivity contribution in [2.45, 2.75) is 11.8 Å². The number of hydrogen-bond donors (Lipinski definition) is 0. The third-order valence-electron chi connectivity index (χ3n) is 6.56. The van der Waals surface area contributed by atoms with Crippen molar-refractivity contribution in [3.05, 3.63) is 89.5 Å². The maximum atomic E-state index is 13.6. The molecule has 0 spiro atoms. The van der Waals surface area contributed by atoms with Crippen molar-refractivity contribution in [1.82, 2.24) is 0 Å². The molecule has 4 heteroatoms. The standard InChI is InChI=1S/C26H24O4/c1-28-21-13-12-17(14-22(21)29-2)24-23(16-8-4-3-5-9-16)19-15-30-20-11-7-6-10-18(20)26(27)25(19)24/h3-14,19,23-25H,15H2,1-2H3/t19-,23-,24-,25-/m1/s1. The van der Waals surface area contributed by atoms with Gasteiger partial charge in [-0.05, 0) is 41.3 Å². The van der Waals surface area contributed by atoms with Crippen molar-refractivity contribution >= 4 is 5.78 Å². The van der Waals surface area contributed by atoms with Gasteiger partial charge in [0.1, 0.15) is 5.75 Å². The number of Topliss-reactive ketones (excluding diaryl/α,β-unsaturated/α-hetero) is 1. The zero-order valence-corrected chi connectivity index (χ0v) is 17.1. The van der Waals surface area contributed by atoms with Gasteiger partial charge in [0, 0.05) is 17.8 Å². The van der Waals surface area contributed by atoms with E-state index in [0.717, 1.165) is 5.56 Å². The van der Waals surface area contributed by atoms with Gasteiger partial charge in [0.05, 0.1) is 26.4 Å². The molecule has 4 nitrogen and oxygen atoms in total. The fraction of sp³-hybridized carbons (Fsp3) is 0.269. The molecule has 0 amide bonds. The van der Waals surface area contributed by atoms with Crippen molar-refractivity contribution in [1.29, 1.82) is 0 Å². The van der Waals surface area contributed by atoms with E-state index >= 15 is 0 Å².